The summed E-state index contributed by atoms with van der Waals surface area (Å²) in [7, 11) is 3.68. The molecule has 1 radical (unpaired) electrons. The first-order valence-electron chi connectivity index (χ1n) is 5.48. The molecule has 0 aliphatic carbocycles. The molecule has 0 N–H and O–H groups in total. The van der Waals surface area contributed by atoms with Crippen molar-refractivity contribution in [1.29, 1.82) is 5.26 Å². The quantitative estimate of drug-likeness (QED) is 0.661. The molecule has 0 bridgehead atoms. The van der Waals surface area contributed by atoms with E-state index in [1.54, 1.807) is 12.1 Å². The SMILES string of the molecule is CN(C)c1ccnc(-c2[c-]cc(F)c(C#N)c2F)c1.[Ir]. The van der Waals surface area contributed by atoms with Crippen LogP contribution in [0.25, 0.3) is 11.3 Å². The Labute approximate surface area is 129 Å². The van der Waals surface area contributed by atoms with Gasteiger partial charge in [-0.1, -0.05) is 11.6 Å². The van der Waals surface area contributed by atoms with Gasteiger partial charge in [-0.05, 0) is 11.8 Å². The van der Waals surface area contributed by atoms with Crippen LogP contribution >= 0.6 is 0 Å². The molecule has 0 amide bonds. The van der Waals surface area contributed by atoms with E-state index >= 15 is 0 Å². The third-order valence-electron chi connectivity index (χ3n) is 2.65. The molecule has 0 spiro atoms. The maximum atomic E-state index is 14.0. The summed E-state index contributed by atoms with van der Waals surface area (Å²) in [6, 6.07) is 8.34. The van der Waals surface area contributed by atoms with Gasteiger partial charge in [0.25, 0.3) is 0 Å². The van der Waals surface area contributed by atoms with Crippen molar-refractivity contribution in [2.45, 2.75) is 0 Å². The van der Waals surface area contributed by atoms with E-state index in [1.165, 1.54) is 12.3 Å². The van der Waals surface area contributed by atoms with Crippen LogP contribution in [0, 0.1) is 29.0 Å². The predicted octanol–water partition coefficient (Wildman–Crippen LogP) is 2.76. The number of nitriles is 1. The molecule has 20 heavy (non-hydrogen) atoms. The molecular weight excluding hydrogens is 440 g/mol. The van der Waals surface area contributed by atoms with Gasteiger partial charge in [0.2, 0.25) is 0 Å². The van der Waals surface area contributed by atoms with Crippen LogP contribution in [0.2, 0.25) is 0 Å². The number of pyridine rings is 1. The van der Waals surface area contributed by atoms with Crippen molar-refractivity contribution in [2.75, 3.05) is 19.0 Å². The van der Waals surface area contributed by atoms with Crippen molar-refractivity contribution in [3.63, 3.8) is 0 Å². The van der Waals surface area contributed by atoms with Crippen LogP contribution in [0.4, 0.5) is 14.5 Å². The number of hydrogen-bond acceptors (Lipinski definition) is 3. The van der Waals surface area contributed by atoms with Crippen LogP contribution in [-0.4, -0.2) is 19.1 Å². The number of rotatable bonds is 2. The Morgan fingerprint density at radius 2 is 2.05 bits per heavy atom. The first kappa shape index (κ1) is 16.2. The Hall–Kier alpha value is -1.83. The third kappa shape index (κ3) is 3.01. The molecule has 0 aliphatic heterocycles. The molecule has 2 rings (SSSR count). The van der Waals surface area contributed by atoms with E-state index in [-0.39, 0.29) is 25.7 Å². The van der Waals surface area contributed by atoms with Crippen LogP contribution in [0.1, 0.15) is 5.56 Å². The number of aromatic nitrogens is 1. The maximum Gasteiger partial charge on any atom is 0.0848 e. The molecule has 0 unspecified atom stereocenters. The molecule has 1 aromatic heterocycles. The fourth-order valence-electron chi connectivity index (χ4n) is 1.62. The molecule has 3 nitrogen and oxygen atoms in total. The molecular formula is C14H10F2IrN3-. The Morgan fingerprint density at radius 1 is 1.35 bits per heavy atom. The molecule has 0 fully saturated rings. The predicted molar refractivity (Wildman–Crippen MR) is 67.5 cm³/mol. The van der Waals surface area contributed by atoms with Crippen molar-refractivity contribution in [2.24, 2.45) is 0 Å². The Bertz CT molecular complexity index is 666. The first-order chi connectivity index (χ1) is 9.04. The number of anilines is 1. The summed E-state index contributed by atoms with van der Waals surface area (Å²) in [5.74, 6) is -1.86. The summed E-state index contributed by atoms with van der Waals surface area (Å²) in [5.41, 5.74) is 0.494. The normalized spacial score (nSPS) is 9.55. The summed E-state index contributed by atoms with van der Waals surface area (Å²) in [6.45, 7) is 0. The molecule has 1 heterocycles. The average molecular weight is 450 g/mol. The average Bonchev–Trinajstić information content (AvgIpc) is 2.39. The van der Waals surface area contributed by atoms with Crippen molar-refractivity contribution >= 4 is 5.69 Å². The molecule has 0 atom stereocenters. The smallest absolute Gasteiger partial charge is 0.0848 e. The van der Waals surface area contributed by atoms with E-state index in [2.05, 4.69) is 11.1 Å². The van der Waals surface area contributed by atoms with Gasteiger partial charge in [-0.3, -0.25) is 8.78 Å². The Morgan fingerprint density at radius 3 is 2.65 bits per heavy atom. The van der Waals surface area contributed by atoms with Crippen molar-refractivity contribution in [3.05, 3.63) is 47.7 Å². The van der Waals surface area contributed by atoms with Gasteiger partial charge in [0.15, 0.2) is 0 Å². The van der Waals surface area contributed by atoms with Gasteiger partial charge in [-0.2, -0.15) is 5.26 Å². The minimum absolute atomic E-state index is 0. The minimum atomic E-state index is -0.939. The van der Waals surface area contributed by atoms with E-state index in [0.29, 0.717) is 5.69 Å². The Kier molecular flexibility index (Phi) is 5.32. The largest absolute Gasteiger partial charge is 0.378 e. The van der Waals surface area contributed by atoms with E-state index < -0.39 is 17.2 Å². The van der Waals surface area contributed by atoms with Gasteiger partial charge in [0.1, 0.15) is 0 Å². The zero-order chi connectivity index (χ0) is 14.0. The standard InChI is InChI=1S/C14H10F2N3.Ir/c1-19(2)9-5-6-18-13(7-9)10-3-4-12(15)11(8-17)14(10)16;/h4-7H,1-2H3;/q-1;. The summed E-state index contributed by atoms with van der Waals surface area (Å²) < 4.78 is 27.2. The minimum Gasteiger partial charge on any atom is -0.378 e. The second-order valence-electron chi connectivity index (χ2n) is 4.11. The summed E-state index contributed by atoms with van der Waals surface area (Å²) in [4.78, 5) is 5.86. The van der Waals surface area contributed by atoms with Crippen molar-refractivity contribution in [3.8, 4) is 17.3 Å². The summed E-state index contributed by atoms with van der Waals surface area (Å²) in [6.07, 6.45) is 1.52. The van der Waals surface area contributed by atoms with E-state index in [0.717, 1.165) is 11.8 Å². The number of hydrogen-bond donors (Lipinski definition) is 0. The van der Waals surface area contributed by atoms with Gasteiger partial charge >= 0.3 is 0 Å². The van der Waals surface area contributed by atoms with Crippen LogP contribution in [0.3, 0.4) is 0 Å². The fraction of sp³-hybridized carbons (Fsp3) is 0.143. The van der Waals surface area contributed by atoms with E-state index in [9.17, 15) is 8.78 Å². The van der Waals surface area contributed by atoms with Crippen LogP contribution in [0.15, 0.2) is 24.4 Å². The first-order valence-corrected chi connectivity index (χ1v) is 5.48. The number of halogens is 2. The number of benzene rings is 1. The molecule has 1 aromatic carbocycles. The van der Waals surface area contributed by atoms with Crippen LogP contribution in [0.5, 0.6) is 0 Å². The van der Waals surface area contributed by atoms with Gasteiger partial charge in [-0.15, -0.1) is 12.1 Å². The maximum absolute atomic E-state index is 14.0. The van der Waals surface area contributed by atoms with Crippen LogP contribution < -0.4 is 4.90 Å². The van der Waals surface area contributed by atoms with Gasteiger partial charge in [0.05, 0.1) is 17.7 Å². The van der Waals surface area contributed by atoms with Gasteiger partial charge in [-0.25, -0.2) is 0 Å². The van der Waals surface area contributed by atoms with Crippen molar-refractivity contribution in [1.82, 2.24) is 4.98 Å². The van der Waals surface area contributed by atoms with Crippen LogP contribution in [-0.2, 0) is 20.1 Å². The van der Waals surface area contributed by atoms with Crippen molar-refractivity contribution < 1.29 is 28.9 Å². The molecule has 6 heteroatoms. The number of nitrogens with zero attached hydrogens (tertiary/aromatic N) is 3. The second-order valence-corrected chi connectivity index (χ2v) is 4.11. The summed E-state index contributed by atoms with van der Waals surface area (Å²) in [5, 5.41) is 8.74. The molecule has 0 saturated heterocycles. The molecule has 2 aromatic rings. The topological polar surface area (TPSA) is 39.9 Å². The van der Waals surface area contributed by atoms with Gasteiger partial charge < -0.3 is 9.88 Å². The zero-order valence-electron chi connectivity index (χ0n) is 10.7. The fourth-order valence-corrected chi connectivity index (χ4v) is 1.62. The zero-order valence-corrected chi connectivity index (χ0v) is 13.1. The molecule has 0 aliphatic rings. The third-order valence-corrected chi connectivity index (χ3v) is 2.65. The monoisotopic (exact) mass is 451 g/mol. The Balaban J connectivity index is 0.00000200. The molecule has 0 saturated carbocycles. The van der Waals surface area contributed by atoms with Gasteiger partial charge in [0, 0.05) is 51.6 Å². The van der Waals surface area contributed by atoms with E-state index in [1.807, 2.05) is 19.0 Å². The molecule has 105 valence electrons. The second kappa shape index (κ2) is 6.55. The summed E-state index contributed by atoms with van der Waals surface area (Å²) >= 11 is 0. The van der Waals surface area contributed by atoms with E-state index in [4.69, 9.17) is 5.26 Å².